The van der Waals surface area contributed by atoms with E-state index in [2.05, 4.69) is 4.74 Å². The van der Waals surface area contributed by atoms with Gasteiger partial charge in [-0.05, 0) is 26.2 Å². The van der Waals surface area contributed by atoms with Crippen LogP contribution in [0.15, 0.2) is 0 Å². The second kappa shape index (κ2) is 5.60. The van der Waals surface area contributed by atoms with E-state index in [1.165, 1.54) is 7.11 Å². The van der Waals surface area contributed by atoms with Gasteiger partial charge in [0.25, 0.3) is 0 Å². The fourth-order valence-corrected chi connectivity index (χ4v) is 2.11. The second-order valence-corrected chi connectivity index (χ2v) is 6.90. The van der Waals surface area contributed by atoms with E-state index in [9.17, 15) is 9.59 Å². The van der Waals surface area contributed by atoms with Gasteiger partial charge in [0.05, 0.1) is 7.11 Å². The SMILES string of the molecule is COC(=O)C(N)C(C)(C)C1CN(C(=O)OC(C)(C)C)C1. The summed E-state index contributed by atoms with van der Waals surface area (Å²) in [4.78, 5) is 25.0. The molecule has 0 aromatic carbocycles. The summed E-state index contributed by atoms with van der Waals surface area (Å²) >= 11 is 0. The van der Waals surface area contributed by atoms with Crippen LogP contribution in [0.4, 0.5) is 4.79 Å². The number of hydrogen-bond donors (Lipinski definition) is 1. The molecule has 1 aliphatic rings. The molecule has 0 saturated carbocycles. The lowest BCUT2D eigenvalue weighted by Gasteiger charge is -2.48. The molecule has 0 aromatic rings. The van der Waals surface area contributed by atoms with Crippen molar-refractivity contribution in [3.05, 3.63) is 0 Å². The van der Waals surface area contributed by atoms with Crippen LogP contribution in [-0.4, -0.2) is 48.8 Å². The van der Waals surface area contributed by atoms with Gasteiger partial charge in [0.1, 0.15) is 11.6 Å². The first-order valence-electron chi connectivity index (χ1n) is 6.80. The number of hydrogen-bond acceptors (Lipinski definition) is 5. The van der Waals surface area contributed by atoms with Crippen molar-refractivity contribution in [1.29, 1.82) is 0 Å². The molecule has 1 amide bonds. The van der Waals surface area contributed by atoms with Crippen LogP contribution in [0.25, 0.3) is 0 Å². The van der Waals surface area contributed by atoms with Gasteiger partial charge in [0.2, 0.25) is 0 Å². The minimum atomic E-state index is -0.696. The normalized spacial score (nSPS) is 18.2. The molecule has 0 bridgehead atoms. The molecule has 6 heteroatoms. The van der Waals surface area contributed by atoms with E-state index in [0.717, 1.165) is 0 Å². The van der Waals surface area contributed by atoms with Gasteiger partial charge in [-0.2, -0.15) is 0 Å². The largest absolute Gasteiger partial charge is 0.468 e. The van der Waals surface area contributed by atoms with Gasteiger partial charge < -0.3 is 20.1 Å². The third kappa shape index (κ3) is 3.62. The summed E-state index contributed by atoms with van der Waals surface area (Å²) in [5.74, 6) is -0.269. The maximum atomic E-state index is 11.9. The Hall–Kier alpha value is -1.30. The van der Waals surface area contributed by atoms with Gasteiger partial charge in [0.15, 0.2) is 0 Å². The third-order valence-electron chi connectivity index (χ3n) is 3.84. The molecule has 6 nitrogen and oxygen atoms in total. The summed E-state index contributed by atoms with van der Waals surface area (Å²) in [5, 5.41) is 0. The molecular weight excluding hydrogens is 260 g/mol. The van der Waals surface area contributed by atoms with Crippen molar-refractivity contribution in [2.45, 2.75) is 46.3 Å². The molecule has 1 heterocycles. The molecule has 0 radical (unpaired) electrons. The molecule has 1 saturated heterocycles. The van der Waals surface area contributed by atoms with Crippen LogP contribution in [0.1, 0.15) is 34.6 Å². The Balaban J connectivity index is 2.55. The Morgan fingerprint density at radius 2 is 1.70 bits per heavy atom. The number of carbonyl (C=O) groups excluding carboxylic acids is 2. The number of esters is 1. The van der Waals surface area contributed by atoms with Crippen molar-refractivity contribution < 1.29 is 19.1 Å². The third-order valence-corrected chi connectivity index (χ3v) is 3.84. The van der Waals surface area contributed by atoms with Crippen molar-refractivity contribution in [1.82, 2.24) is 4.90 Å². The molecule has 1 atom stereocenters. The van der Waals surface area contributed by atoms with Crippen molar-refractivity contribution in [3.63, 3.8) is 0 Å². The number of amides is 1. The molecule has 116 valence electrons. The lowest BCUT2D eigenvalue weighted by molar-refractivity contribution is -0.147. The molecule has 20 heavy (non-hydrogen) atoms. The van der Waals surface area contributed by atoms with Crippen molar-refractivity contribution >= 4 is 12.1 Å². The molecule has 1 rings (SSSR count). The van der Waals surface area contributed by atoms with Crippen LogP contribution in [0.5, 0.6) is 0 Å². The van der Waals surface area contributed by atoms with E-state index in [0.29, 0.717) is 13.1 Å². The number of nitrogens with two attached hydrogens (primary N) is 1. The lowest BCUT2D eigenvalue weighted by atomic mass is 9.69. The Morgan fingerprint density at radius 1 is 1.20 bits per heavy atom. The van der Waals surface area contributed by atoms with E-state index in [4.69, 9.17) is 10.5 Å². The Labute approximate surface area is 120 Å². The van der Waals surface area contributed by atoms with Crippen LogP contribution >= 0.6 is 0 Å². The molecule has 1 fully saturated rings. The molecule has 0 spiro atoms. The average Bonchev–Trinajstić information content (AvgIpc) is 2.21. The van der Waals surface area contributed by atoms with Crippen molar-refractivity contribution in [2.24, 2.45) is 17.1 Å². The highest BCUT2D eigenvalue weighted by molar-refractivity contribution is 5.76. The number of rotatable bonds is 3. The molecule has 1 unspecified atom stereocenters. The average molecular weight is 286 g/mol. The topological polar surface area (TPSA) is 81.9 Å². The van der Waals surface area contributed by atoms with E-state index in [1.807, 2.05) is 34.6 Å². The van der Waals surface area contributed by atoms with Crippen molar-refractivity contribution in [3.8, 4) is 0 Å². The first-order valence-corrected chi connectivity index (χ1v) is 6.80. The zero-order chi connectivity index (χ0) is 15.7. The van der Waals surface area contributed by atoms with Gasteiger partial charge in [-0.1, -0.05) is 13.8 Å². The molecule has 0 aliphatic carbocycles. The van der Waals surface area contributed by atoms with Gasteiger partial charge in [-0.3, -0.25) is 4.79 Å². The maximum Gasteiger partial charge on any atom is 0.410 e. The number of carbonyl (C=O) groups is 2. The summed E-state index contributed by atoms with van der Waals surface area (Å²) in [7, 11) is 1.33. The van der Waals surface area contributed by atoms with Gasteiger partial charge in [0, 0.05) is 19.0 Å². The van der Waals surface area contributed by atoms with Crippen LogP contribution < -0.4 is 5.73 Å². The van der Waals surface area contributed by atoms with E-state index in [-0.39, 0.29) is 12.0 Å². The van der Waals surface area contributed by atoms with Crippen LogP contribution in [0.2, 0.25) is 0 Å². The monoisotopic (exact) mass is 286 g/mol. The quantitative estimate of drug-likeness (QED) is 0.793. The fraction of sp³-hybridized carbons (Fsp3) is 0.857. The maximum absolute atomic E-state index is 11.9. The Bertz CT molecular complexity index is 381. The van der Waals surface area contributed by atoms with Crippen LogP contribution in [-0.2, 0) is 14.3 Å². The summed E-state index contributed by atoms with van der Waals surface area (Å²) in [5.41, 5.74) is 5.01. The summed E-state index contributed by atoms with van der Waals surface area (Å²) in [6, 6.07) is -0.696. The minimum absolute atomic E-state index is 0.157. The molecule has 2 N–H and O–H groups in total. The zero-order valence-electron chi connectivity index (χ0n) is 13.2. The highest BCUT2D eigenvalue weighted by Gasteiger charge is 2.47. The summed E-state index contributed by atoms with van der Waals surface area (Å²) < 4.78 is 9.98. The molecular formula is C14H26N2O4. The number of likely N-dealkylation sites (tertiary alicyclic amines) is 1. The van der Waals surface area contributed by atoms with E-state index in [1.54, 1.807) is 4.90 Å². The Kier molecular flexibility index (Phi) is 4.69. The predicted molar refractivity (Wildman–Crippen MR) is 75.1 cm³/mol. The van der Waals surface area contributed by atoms with Gasteiger partial charge >= 0.3 is 12.1 Å². The standard InChI is InChI=1S/C14H26N2O4/c1-13(2,3)20-12(18)16-7-9(8-16)14(4,5)10(15)11(17)19-6/h9-10H,7-8,15H2,1-6H3. The van der Waals surface area contributed by atoms with Crippen LogP contribution in [0.3, 0.4) is 0 Å². The first-order chi connectivity index (χ1) is 8.99. The summed E-state index contributed by atoms with van der Waals surface area (Å²) in [6.07, 6.45) is -0.323. The lowest BCUT2D eigenvalue weighted by Crippen LogP contribution is -2.61. The second-order valence-electron chi connectivity index (χ2n) is 6.90. The molecule has 0 aromatic heterocycles. The smallest absolute Gasteiger partial charge is 0.410 e. The van der Waals surface area contributed by atoms with E-state index >= 15 is 0 Å². The first kappa shape index (κ1) is 16.8. The minimum Gasteiger partial charge on any atom is -0.468 e. The highest BCUT2D eigenvalue weighted by Crippen LogP contribution is 2.37. The highest BCUT2D eigenvalue weighted by atomic mass is 16.6. The molecule has 1 aliphatic heterocycles. The number of nitrogens with zero attached hydrogens (tertiary/aromatic N) is 1. The van der Waals surface area contributed by atoms with Crippen LogP contribution in [0, 0.1) is 11.3 Å². The fourth-order valence-electron chi connectivity index (χ4n) is 2.11. The predicted octanol–water partition coefficient (Wildman–Crippen LogP) is 1.38. The number of methoxy groups -OCH3 is 1. The zero-order valence-corrected chi connectivity index (χ0v) is 13.2. The summed E-state index contributed by atoms with van der Waals surface area (Å²) in [6.45, 7) is 10.4. The van der Waals surface area contributed by atoms with Gasteiger partial charge in [-0.25, -0.2) is 4.79 Å². The van der Waals surface area contributed by atoms with E-state index < -0.39 is 23.0 Å². The number of ether oxygens (including phenoxy) is 2. The van der Waals surface area contributed by atoms with Crippen molar-refractivity contribution in [2.75, 3.05) is 20.2 Å². The Morgan fingerprint density at radius 3 is 2.10 bits per heavy atom. The van der Waals surface area contributed by atoms with Gasteiger partial charge in [-0.15, -0.1) is 0 Å².